The third kappa shape index (κ3) is 5.05. The molecule has 0 radical (unpaired) electrons. The lowest BCUT2D eigenvalue weighted by atomic mass is 9.77. The summed E-state index contributed by atoms with van der Waals surface area (Å²) in [6.45, 7) is 0.0850. The Morgan fingerprint density at radius 2 is 1.53 bits per heavy atom. The number of carbonyl (C=O) groups is 1. The first kappa shape index (κ1) is 24.9. The van der Waals surface area contributed by atoms with E-state index in [9.17, 15) is 9.90 Å². The van der Waals surface area contributed by atoms with Crippen LogP contribution in [0.4, 0.5) is 5.13 Å². The second kappa shape index (κ2) is 11.1. The first-order valence-electron chi connectivity index (χ1n) is 11.9. The maximum absolute atomic E-state index is 12.0. The summed E-state index contributed by atoms with van der Waals surface area (Å²) in [4.78, 5) is 26.0. The number of aromatic nitrogens is 3. The molecule has 0 fully saturated rings. The Morgan fingerprint density at radius 3 is 2.00 bits per heavy atom. The summed E-state index contributed by atoms with van der Waals surface area (Å²) in [6, 6.07) is 30.3. The van der Waals surface area contributed by atoms with Crippen LogP contribution in [0.15, 0.2) is 114 Å². The monoisotopic (exact) mass is 523 g/mol. The number of anilines is 1. The minimum Gasteiger partial charge on any atom is -0.476 e. The van der Waals surface area contributed by atoms with Gasteiger partial charge >= 0.3 is 5.97 Å². The zero-order valence-corrected chi connectivity index (χ0v) is 21.4. The highest BCUT2D eigenvalue weighted by atomic mass is 32.1. The molecule has 0 aliphatic carbocycles. The third-order valence-corrected chi connectivity index (χ3v) is 6.91. The molecule has 2 heterocycles. The van der Waals surface area contributed by atoms with E-state index in [0.29, 0.717) is 5.13 Å². The number of nitrogens with one attached hydrogen (secondary N) is 1. The molecule has 38 heavy (non-hydrogen) atoms. The molecule has 0 aliphatic rings. The van der Waals surface area contributed by atoms with E-state index in [1.807, 2.05) is 61.6 Å². The summed E-state index contributed by atoms with van der Waals surface area (Å²) >= 11 is 1.30. The lowest BCUT2D eigenvalue weighted by Crippen LogP contribution is -2.38. The highest BCUT2D eigenvalue weighted by Crippen LogP contribution is 2.40. The first-order chi connectivity index (χ1) is 18.6. The Kier molecular flexibility index (Phi) is 7.28. The summed E-state index contributed by atoms with van der Waals surface area (Å²) in [5, 5.41) is 19.6. The summed E-state index contributed by atoms with van der Waals surface area (Å²) < 4.78 is 1.77. The SMILES string of the molecule is Cn1cncc1CO/N=C(/C(=O)O)c1csc(NC(c2ccccc2)(c2ccccc2)c2ccccc2)n1. The molecule has 0 saturated carbocycles. The summed E-state index contributed by atoms with van der Waals surface area (Å²) in [5.74, 6) is -1.23. The van der Waals surface area contributed by atoms with E-state index >= 15 is 0 Å². The number of thiazole rings is 1. The van der Waals surface area contributed by atoms with E-state index in [1.165, 1.54) is 11.3 Å². The van der Waals surface area contributed by atoms with Crippen molar-refractivity contribution in [3.05, 3.63) is 137 Å². The van der Waals surface area contributed by atoms with E-state index in [4.69, 9.17) is 4.84 Å². The molecule has 0 aliphatic heterocycles. The normalized spacial score (nSPS) is 11.8. The van der Waals surface area contributed by atoms with Gasteiger partial charge in [-0.15, -0.1) is 11.3 Å². The van der Waals surface area contributed by atoms with Crippen LogP contribution in [-0.2, 0) is 28.8 Å². The Labute approximate surface area is 223 Å². The molecular weight excluding hydrogens is 498 g/mol. The first-order valence-corrected chi connectivity index (χ1v) is 12.7. The fourth-order valence-electron chi connectivity index (χ4n) is 4.26. The number of imidazole rings is 1. The van der Waals surface area contributed by atoms with Gasteiger partial charge in [-0.05, 0) is 16.7 Å². The fraction of sp³-hybridized carbons (Fsp3) is 0.103. The second-order valence-electron chi connectivity index (χ2n) is 8.53. The molecule has 9 heteroatoms. The summed E-state index contributed by atoms with van der Waals surface area (Å²) in [7, 11) is 1.82. The van der Waals surface area contributed by atoms with Crippen molar-refractivity contribution in [3.8, 4) is 0 Å². The maximum Gasteiger partial charge on any atom is 0.360 e. The Morgan fingerprint density at radius 1 is 0.974 bits per heavy atom. The van der Waals surface area contributed by atoms with Gasteiger partial charge in [-0.3, -0.25) is 0 Å². The number of carboxylic acids is 1. The van der Waals surface area contributed by atoms with Crippen LogP contribution in [0.1, 0.15) is 28.1 Å². The number of hydrogen-bond donors (Lipinski definition) is 2. The van der Waals surface area contributed by atoms with Crippen LogP contribution in [0.5, 0.6) is 0 Å². The smallest absolute Gasteiger partial charge is 0.360 e. The molecule has 0 unspecified atom stereocenters. The van der Waals surface area contributed by atoms with Crippen LogP contribution in [-0.4, -0.2) is 31.3 Å². The van der Waals surface area contributed by atoms with Crippen molar-refractivity contribution in [2.45, 2.75) is 12.1 Å². The Bertz CT molecular complexity index is 1440. The number of carboxylic acid groups (broad SMARTS) is 1. The molecule has 5 aromatic rings. The van der Waals surface area contributed by atoms with Crippen LogP contribution in [0.25, 0.3) is 0 Å². The van der Waals surface area contributed by atoms with E-state index < -0.39 is 11.5 Å². The molecule has 0 spiro atoms. The molecule has 190 valence electrons. The van der Waals surface area contributed by atoms with Crippen LogP contribution < -0.4 is 5.32 Å². The highest BCUT2D eigenvalue weighted by Gasteiger charge is 2.37. The zero-order chi connectivity index (χ0) is 26.4. The minimum absolute atomic E-state index is 0.0850. The summed E-state index contributed by atoms with van der Waals surface area (Å²) in [6.07, 6.45) is 3.27. The van der Waals surface area contributed by atoms with Crippen LogP contribution in [0.3, 0.4) is 0 Å². The maximum atomic E-state index is 12.0. The van der Waals surface area contributed by atoms with E-state index in [1.54, 1.807) is 22.5 Å². The fourth-order valence-corrected chi connectivity index (χ4v) is 5.01. The van der Waals surface area contributed by atoms with Crippen molar-refractivity contribution in [2.24, 2.45) is 12.2 Å². The molecule has 5 rings (SSSR count). The predicted octanol–water partition coefficient (Wildman–Crippen LogP) is 5.29. The number of benzene rings is 3. The zero-order valence-electron chi connectivity index (χ0n) is 20.6. The Balaban J connectivity index is 1.54. The summed E-state index contributed by atoms with van der Waals surface area (Å²) in [5.41, 5.74) is 2.95. The standard InChI is InChI=1S/C29H25N5O3S/c1-34-20-30-17-24(34)18-37-33-26(27(35)36)25-19-38-28(31-25)32-29(21-11-5-2-6-12-21,22-13-7-3-8-14-22)23-15-9-4-10-16-23/h2-17,19-20H,18H2,1H3,(H,31,32)(H,35,36)/b33-26+. The van der Waals surface area contributed by atoms with Gasteiger partial charge in [0.2, 0.25) is 5.71 Å². The van der Waals surface area contributed by atoms with Crippen molar-refractivity contribution >= 4 is 28.1 Å². The number of rotatable bonds is 10. The van der Waals surface area contributed by atoms with E-state index in [-0.39, 0.29) is 18.0 Å². The number of oxime groups is 1. The van der Waals surface area contributed by atoms with Gasteiger partial charge < -0.3 is 19.8 Å². The van der Waals surface area contributed by atoms with Gasteiger partial charge in [-0.2, -0.15) is 0 Å². The topological polar surface area (TPSA) is 102 Å². The molecule has 2 N–H and O–H groups in total. The average molecular weight is 524 g/mol. The molecule has 8 nitrogen and oxygen atoms in total. The van der Waals surface area contributed by atoms with Gasteiger partial charge in [0.1, 0.15) is 11.2 Å². The van der Waals surface area contributed by atoms with Gasteiger partial charge in [0, 0.05) is 12.4 Å². The minimum atomic E-state index is -1.23. The highest BCUT2D eigenvalue weighted by molar-refractivity contribution is 7.14. The van der Waals surface area contributed by atoms with Crippen molar-refractivity contribution in [2.75, 3.05) is 5.32 Å². The Hall–Kier alpha value is -4.76. The van der Waals surface area contributed by atoms with Gasteiger partial charge in [-0.25, -0.2) is 14.8 Å². The van der Waals surface area contributed by atoms with E-state index in [2.05, 4.69) is 56.8 Å². The average Bonchev–Trinajstić information content (AvgIpc) is 3.59. The quantitative estimate of drug-likeness (QED) is 0.147. The number of aliphatic carboxylic acids is 1. The van der Waals surface area contributed by atoms with Crippen LogP contribution in [0.2, 0.25) is 0 Å². The molecule has 0 amide bonds. The van der Waals surface area contributed by atoms with Gasteiger partial charge in [0.25, 0.3) is 0 Å². The lowest BCUT2D eigenvalue weighted by molar-refractivity contribution is -0.129. The largest absolute Gasteiger partial charge is 0.476 e. The van der Waals surface area contributed by atoms with Crippen molar-refractivity contribution in [1.29, 1.82) is 0 Å². The molecular formula is C29H25N5O3S. The lowest BCUT2D eigenvalue weighted by Gasteiger charge is -2.36. The van der Waals surface area contributed by atoms with Crippen molar-refractivity contribution in [1.82, 2.24) is 14.5 Å². The van der Waals surface area contributed by atoms with E-state index in [0.717, 1.165) is 22.4 Å². The molecule has 3 aromatic carbocycles. The predicted molar refractivity (Wildman–Crippen MR) is 147 cm³/mol. The van der Waals surface area contributed by atoms with Gasteiger partial charge in [-0.1, -0.05) is 96.2 Å². The van der Waals surface area contributed by atoms with Gasteiger partial charge in [0.15, 0.2) is 11.7 Å². The van der Waals surface area contributed by atoms with Crippen molar-refractivity contribution in [3.63, 3.8) is 0 Å². The van der Waals surface area contributed by atoms with Crippen LogP contribution in [0, 0.1) is 0 Å². The number of nitrogens with zero attached hydrogens (tertiary/aromatic N) is 4. The van der Waals surface area contributed by atoms with Crippen molar-refractivity contribution < 1.29 is 14.7 Å². The molecule has 0 saturated heterocycles. The number of hydrogen-bond acceptors (Lipinski definition) is 7. The van der Waals surface area contributed by atoms with Crippen LogP contribution >= 0.6 is 11.3 Å². The number of aryl methyl sites for hydroxylation is 1. The third-order valence-electron chi connectivity index (χ3n) is 6.15. The molecule has 2 aromatic heterocycles. The molecule has 0 atom stereocenters. The molecule has 0 bridgehead atoms. The second-order valence-corrected chi connectivity index (χ2v) is 9.38. The van der Waals surface area contributed by atoms with Gasteiger partial charge in [0.05, 0.1) is 18.2 Å².